The van der Waals surface area contributed by atoms with E-state index >= 15 is 0 Å². The number of rotatable bonds is 7. The van der Waals surface area contributed by atoms with Crippen LogP contribution in [-0.4, -0.2) is 24.7 Å². The van der Waals surface area contributed by atoms with Crippen LogP contribution in [0.3, 0.4) is 0 Å². The minimum atomic E-state index is -1.69. The number of ether oxygens (including phenoxy) is 1. The SMILES string of the molecule is Fc1nc(F)c(F)c(NCCOCCc2ccccc2)c1F. The number of pyridine rings is 1. The fourth-order valence-corrected chi connectivity index (χ4v) is 1.83. The van der Waals surface area contributed by atoms with Crippen LogP contribution in [0.25, 0.3) is 0 Å². The van der Waals surface area contributed by atoms with Gasteiger partial charge in [0.15, 0.2) is 0 Å². The first-order valence-corrected chi connectivity index (χ1v) is 6.65. The predicted octanol–water partition coefficient (Wildman–Crippen LogP) is 3.31. The Hall–Kier alpha value is -2.15. The largest absolute Gasteiger partial charge is 0.379 e. The van der Waals surface area contributed by atoms with Crippen molar-refractivity contribution in [3.05, 3.63) is 59.4 Å². The minimum absolute atomic E-state index is 0.00548. The van der Waals surface area contributed by atoms with Gasteiger partial charge in [0, 0.05) is 6.54 Å². The number of aromatic nitrogens is 1. The second-order valence-corrected chi connectivity index (χ2v) is 4.47. The van der Waals surface area contributed by atoms with Gasteiger partial charge in [-0.05, 0) is 12.0 Å². The number of nitrogens with one attached hydrogen (secondary N) is 1. The number of halogens is 4. The topological polar surface area (TPSA) is 34.2 Å². The summed E-state index contributed by atoms with van der Waals surface area (Å²) in [6, 6.07) is 9.64. The molecule has 2 aromatic rings. The van der Waals surface area contributed by atoms with Crippen molar-refractivity contribution >= 4 is 5.69 Å². The molecule has 3 nitrogen and oxygen atoms in total. The molecule has 7 heteroatoms. The zero-order chi connectivity index (χ0) is 15.9. The molecule has 0 aliphatic rings. The number of nitrogens with zero attached hydrogens (tertiary/aromatic N) is 1. The molecular formula is C15H14F4N2O. The van der Waals surface area contributed by atoms with Crippen LogP contribution in [0.2, 0.25) is 0 Å². The van der Waals surface area contributed by atoms with E-state index in [0.717, 1.165) is 5.56 Å². The van der Waals surface area contributed by atoms with E-state index < -0.39 is 29.2 Å². The maximum Gasteiger partial charge on any atom is 0.253 e. The molecule has 1 heterocycles. The summed E-state index contributed by atoms with van der Waals surface area (Å²) in [4.78, 5) is 2.47. The molecule has 0 spiro atoms. The van der Waals surface area contributed by atoms with Crippen molar-refractivity contribution in [3.8, 4) is 0 Å². The number of anilines is 1. The molecular weight excluding hydrogens is 300 g/mol. The molecule has 0 fully saturated rings. The van der Waals surface area contributed by atoms with Gasteiger partial charge in [0.05, 0.1) is 13.2 Å². The highest BCUT2D eigenvalue weighted by molar-refractivity contribution is 5.45. The van der Waals surface area contributed by atoms with E-state index in [9.17, 15) is 17.6 Å². The molecule has 0 radical (unpaired) electrons. The molecule has 0 saturated heterocycles. The lowest BCUT2D eigenvalue weighted by molar-refractivity contribution is 0.147. The van der Waals surface area contributed by atoms with Crippen molar-refractivity contribution in [1.29, 1.82) is 0 Å². The lowest BCUT2D eigenvalue weighted by Crippen LogP contribution is -2.15. The average molecular weight is 314 g/mol. The molecule has 0 unspecified atom stereocenters. The fraction of sp³-hybridized carbons (Fsp3) is 0.267. The van der Waals surface area contributed by atoms with E-state index in [-0.39, 0.29) is 13.2 Å². The van der Waals surface area contributed by atoms with Crippen molar-refractivity contribution in [2.24, 2.45) is 0 Å². The minimum Gasteiger partial charge on any atom is -0.379 e. The molecule has 1 N–H and O–H groups in total. The standard InChI is InChI=1S/C15H14F4N2O/c16-11-13(12(17)15(19)21-14(11)18)20-7-9-22-8-6-10-4-2-1-3-5-10/h1-5H,6-9H2,(H,20,21). The molecule has 1 aromatic heterocycles. The molecule has 0 amide bonds. The van der Waals surface area contributed by atoms with Crippen molar-refractivity contribution in [2.75, 3.05) is 25.1 Å². The molecule has 0 atom stereocenters. The average Bonchev–Trinajstić information content (AvgIpc) is 2.52. The van der Waals surface area contributed by atoms with Gasteiger partial charge in [-0.2, -0.15) is 22.5 Å². The molecule has 2 rings (SSSR count). The van der Waals surface area contributed by atoms with Crippen LogP contribution >= 0.6 is 0 Å². The van der Waals surface area contributed by atoms with E-state index in [2.05, 4.69) is 10.3 Å². The van der Waals surface area contributed by atoms with E-state index in [0.29, 0.717) is 13.0 Å². The quantitative estimate of drug-likeness (QED) is 0.484. The third-order valence-corrected chi connectivity index (χ3v) is 2.92. The van der Waals surface area contributed by atoms with Crippen LogP contribution in [-0.2, 0) is 11.2 Å². The number of hydrogen-bond donors (Lipinski definition) is 1. The normalized spacial score (nSPS) is 10.7. The van der Waals surface area contributed by atoms with E-state index in [1.165, 1.54) is 0 Å². The second-order valence-electron chi connectivity index (χ2n) is 4.47. The van der Waals surface area contributed by atoms with Gasteiger partial charge < -0.3 is 10.1 Å². The first kappa shape index (κ1) is 16.2. The fourth-order valence-electron chi connectivity index (χ4n) is 1.83. The summed E-state index contributed by atoms with van der Waals surface area (Å²) in [5.41, 5.74) is 0.225. The molecule has 22 heavy (non-hydrogen) atoms. The first-order chi connectivity index (χ1) is 10.6. The molecule has 0 aliphatic carbocycles. The highest BCUT2D eigenvalue weighted by Crippen LogP contribution is 2.21. The van der Waals surface area contributed by atoms with Crippen LogP contribution in [0.1, 0.15) is 5.56 Å². The molecule has 0 bridgehead atoms. The van der Waals surface area contributed by atoms with Gasteiger partial charge in [0.1, 0.15) is 5.69 Å². The molecule has 1 aromatic carbocycles. The Morgan fingerprint density at radius 1 is 0.909 bits per heavy atom. The summed E-state index contributed by atoms with van der Waals surface area (Å²) >= 11 is 0. The Labute approximate surface area is 124 Å². The Kier molecular flexibility index (Phi) is 5.71. The monoisotopic (exact) mass is 314 g/mol. The molecule has 0 saturated carbocycles. The third-order valence-electron chi connectivity index (χ3n) is 2.92. The van der Waals surface area contributed by atoms with Gasteiger partial charge in [-0.3, -0.25) is 0 Å². The first-order valence-electron chi connectivity index (χ1n) is 6.65. The summed E-state index contributed by atoms with van der Waals surface area (Å²) in [5.74, 6) is -6.48. The van der Waals surface area contributed by atoms with E-state index in [4.69, 9.17) is 4.74 Å². The van der Waals surface area contributed by atoms with Gasteiger partial charge in [-0.15, -0.1) is 0 Å². The molecule has 118 valence electrons. The van der Waals surface area contributed by atoms with Crippen molar-refractivity contribution in [3.63, 3.8) is 0 Å². The zero-order valence-electron chi connectivity index (χ0n) is 11.6. The maximum atomic E-state index is 13.3. The van der Waals surface area contributed by atoms with Crippen molar-refractivity contribution in [2.45, 2.75) is 6.42 Å². The van der Waals surface area contributed by atoms with Crippen LogP contribution in [0.4, 0.5) is 23.2 Å². The lowest BCUT2D eigenvalue weighted by atomic mass is 10.2. The van der Waals surface area contributed by atoms with E-state index in [1.54, 1.807) is 0 Å². The summed E-state index contributed by atoms with van der Waals surface area (Å²) in [6.45, 7) is 0.568. The van der Waals surface area contributed by atoms with Crippen molar-refractivity contribution < 1.29 is 22.3 Å². The van der Waals surface area contributed by atoms with E-state index in [1.807, 2.05) is 30.3 Å². The maximum absolute atomic E-state index is 13.3. The summed E-state index contributed by atoms with van der Waals surface area (Å²) in [7, 11) is 0. The molecule has 0 aliphatic heterocycles. The Morgan fingerprint density at radius 2 is 1.55 bits per heavy atom. The summed E-state index contributed by atoms with van der Waals surface area (Å²) in [5, 5.41) is 2.27. The predicted molar refractivity (Wildman–Crippen MR) is 73.5 cm³/mol. The smallest absolute Gasteiger partial charge is 0.253 e. The van der Waals surface area contributed by atoms with Gasteiger partial charge >= 0.3 is 0 Å². The van der Waals surface area contributed by atoms with Crippen molar-refractivity contribution in [1.82, 2.24) is 4.98 Å². The van der Waals surface area contributed by atoms with Gasteiger partial charge in [0.2, 0.25) is 11.6 Å². The van der Waals surface area contributed by atoms with Crippen LogP contribution < -0.4 is 5.32 Å². The number of hydrogen-bond acceptors (Lipinski definition) is 3. The van der Waals surface area contributed by atoms with Crippen LogP contribution in [0.5, 0.6) is 0 Å². The van der Waals surface area contributed by atoms with Crippen LogP contribution in [0.15, 0.2) is 30.3 Å². The summed E-state index contributed by atoms with van der Waals surface area (Å²) < 4.78 is 57.6. The Balaban J connectivity index is 1.75. The Morgan fingerprint density at radius 3 is 2.18 bits per heavy atom. The Bertz CT molecular complexity index is 596. The zero-order valence-corrected chi connectivity index (χ0v) is 11.6. The number of benzene rings is 1. The lowest BCUT2D eigenvalue weighted by Gasteiger charge is -2.10. The van der Waals surface area contributed by atoms with Gasteiger partial charge in [-0.1, -0.05) is 30.3 Å². The summed E-state index contributed by atoms with van der Waals surface area (Å²) in [6.07, 6.45) is 0.697. The second kappa shape index (κ2) is 7.74. The third kappa shape index (κ3) is 4.17. The highest BCUT2D eigenvalue weighted by Gasteiger charge is 2.20. The highest BCUT2D eigenvalue weighted by atomic mass is 19.2. The van der Waals surface area contributed by atoms with Crippen LogP contribution in [0, 0.1) is 23.5 Å². The van der Waals surface area contributed by atoms with Gasteiger partial charge in [-0.25, -0.2) is 0 Å². The van der Waals surface area contributed by atoms with Gasteiger partial charge in [0.25, 0.3) is 11.9 Å².